The molecule has 0 atom stereocenters. The van der Waals surface area contributed by atoms with Crippen molar-refractivity contribution < 1.29 is 9.53 Å². The summed E-state index contributed by atoms with van der Waals surface area (Å²) in [5.74, 6) is 1.10. The van der Waals surface area contributed by atoms with Crippen LogP contribution in [0, 0.1) is 5.92 Å². The Bertz CT molecular complexity index is 865. The van der Waals surface area contributed by atoms with E-state index in [9.17, 15) is 4.79 Å². The molecule has 1 amide bonds. The Balaban J connectivity index is 1.42. The summed E-state index contributed by atoms with van der Waals surface area (Å²) in [6.45, 7) is 0.460. The molecule has 1 aliphatic rings. The lowest BCUT2D eigenvalue weighted by Gasteiger charge is -2.09. The Labute approximate surface area is 140 Å². The van der Waals surface area contributed by atoms with Gasteiger partial charge in [-0.3, -0.25) is 9.78 Å². The predicted molar refractivity (Wildman–Crippen MR) is 93.9 cm³/mol. The Kier molecular flexibility index (Phi) is 3.87. The van der Waals surface area contributed by atoms with Crippen molar-refractivity contribution in [3.63, 3.8) is 0 Å². The topological polar surface area (TPSA) is 51.2 Å². The molecule has 0 bridgehead atoms. The quantitative estimate of drug-likeness (QED) is 0.768. The summed E-state index contributed by atoms with van der Waals surface area (Å²) in [5.41, 5.74) is 2.83. The number of para-hydroxylation sites is 1. The number of hydrogen-bond donors (Lipinski definition) is 1. The first-order valence-corrected chi connectivity index (χ1v) is 8.16. The van der Waals surface area contributed by atoms with E-state index in [2.05, 4.69) is 10.3 Å². The number of pyridine rings is 1. The molecule has 120 valence electrons. The zero-order valence-electron chi connectivity index (χ0n) is 13.2. The third kappa shape index (κ3) is 3.23. The predicted octanol–water partition coefficient (Wildman–Crippen LogP) is 4.16. The highest BCUT2D eigenvalue weighted by Crippen LogP contribution is 2.30. The number of nitrogens with one attached hydrogen (secondary N) is 1. The molecular weight excluding hydrogens is 300 g/mol. The Morgan fingerprint density at radius 3 is 2.67 bits per heavy atom. The summed E-state index contributed by atoms with van der Waals surface area (Å²) >= 11 is 0. The summed E-state index contributed by atoms with van der Waals surface area (Å²) in [5, 5.41) is 4.03. The standard InChI is InChI=1S/C20H18N2O2/c23-20(15-6-7-15)22-17-8-10-18(11-9-17)24-13-16-4-1-3-14-5-2-12-21-19(14)16/h1-5,8-12,15H,6-7,13H2,(H,22,23). The highest BCUT2D eigenvalue weighted by atomic mass is 16.5. The fourth-order valence-corrected chi connectivity index (χ4v) is 2.67. The summed E-state index contributed by atoms with van der Waals surface area (Å²) in [7, 11) is 0. The van der Waals surface area contributed by atoms with Gasteiger partial charge in [0.2, 0.25) is 5.91 Å². The highest BCUT2D eigenvalue weighted by molar-refractivity contribution is 5.94. The lowest BCUT2D eigenvalue weighted by atomic mass is 10.1. The van der Waals surface area contributed by atoms with Gasteiger partial charge >= 0.3 is 0 Å². The van der Waals surface area contributed by atoms with E-state index in [1.807, 2.05) is 54.6 Å². The maximum Gasteiger partial charge on any atom is 0.227 e. The molecule has 1 saturated carbocycles. The maximum atomic E-state index is 11.7. The molecule has 24 heavy (non-hydrogen) atoms. The van der Waals surface area contributed by atoms with Gasteiger partial charge in [0.15, 0.2) is 0 Å². The molecule has 1 heterocycles. The Hall–Kier alpha value is -2.88. The molecule has 1 N–H and O–H groups in total. The smallest absolute Gasteiger partial charge is 0.227 e. The second-order valence-electron chi connectivity index (χ2n) is 6.07. The molecule has 1 aliphatic carbocycles. The van der Waals surface area contributed by atoms with Gasteiger partial charge in [-0.2, -0.15) is 0 Å². The first kappa shape index (κ1) is 14.7. The van der Waals surface area contributed by atoms with Crippen LogP contribution >= 0.6 is 0 Å². The molecule has 0 saturated heterocycles. The van der Waals surface area contributed by atoms with Crippen molar-refractivity contribution in [2.45, 2.75) is 19.4 Å². The average molecular weight is 318 g/mol. The number of carbonyl (C=O) groups is 1. The third-order valence-electron chi connectivity index (χ3n) is 4.18. The van der Waals surface area contributed by atoms with E-state index in [1.54, 1.807) is 6.20 Å². The molecule has 2 aromatic carbocycles. The van der Waals surface area contributed by atoms with E-state index in [0.717, 1.165) is 40.7 Å². The monoisotopic (exact) mass is 318 g/mol. The number of amides is 1. The lowest BCUT2D eigenvalue weighted by molar-refractivity contribution is -0.117. The minimum absolute atomic E-state index is 0.116. The molecule has 0 unspecified atom stereocenters. The van der Waals surface area contributed by atoms with Crippen molar-refractivity contribution in [3.8, 4) is 5.75 Å². The number of benzene rings is 2. The molecule has 1 fully saturated rings. The van der Waals surface area contributed by atoms with Gasteiger partial charge in [-0.15, -0.1) is 0 Å². The van der Waals surface area contributed by atoms with Crippen LogP contribution in [0.1, 0.15) is 18.4 Å². The second-order valence-corrected chi connectivity index (χ2v) is 6.07. The van der Waals surface area contributed by atoms with Gasteiger partial charge < -0.3 is 10.1 Å². The number of hydrogen-bond acceptors (Lipinski definition) is 3. The van der Waals surface area contributed by atoms with Crippen molar-refractivity contribution in [1.29, 1.82) is 0 Å². The molecule has 4 nitrogen and oxygen atoms in total. The molecule has 4 rings (SSSR count). The minimum Gasteiger partial charge on any atom is -0.489 e. The van der Waals surface area contributed by atoms with Crippen molar-refractivity contribution in [2.75, 3.05) is 5.32 Å². The SMILES string of the molecule is O=C(Nc1ccc(OCc2cccc3cccnc23)cc1)C1CC1. The van der Waals surface area contributed by atoms with Crippen LogP contribution in [0.2, 0.25) is 0 Å². The van der Waals surface area contributed by atoms with E-state index in [1.165, 1.54) is 0 Å². The maximum absolute atomic E-state index is 11.7. The van der Waals surface area contributed by atoms with Crippen molar-refractivity contribution in [3.05, 3.63) is 66.4 Å². The first-order chi connectivity index (χ1) is 11.8. The van der Waals surface area contributed by atoms with Crippen LogP contribution in [0.3, 0.4) is 0 Å². The number of anilines is 1. The first-order valence-electron chi connectivity index (χ1n) is 8.16. The fraction of sp³-hybridized carbons (Fsp3) is 0.200. The Morgan fingerprint density at radius 2 is 1.88 bits per heavy atom. The molecule has 4 heteroatoms. The van der Waals surface area contributed by atoms with Gasteiger partial charge in [0, 0.05) is 28.8 Å². The minimum atomic E-state index is 0.116. The second kappa shape index (κ2) is 6.32. The largest absolute Gasteiger partial charge is 0.489 e. The molecule has 3 aromatic rings. The number of nitrogens with zero attached hydrogens (tertiary/aromatic N) is 1. The summed E-state index contributed by atoms with van der Waals surface area (Å²) in [4.78, 5) is 16.2. The summed E-state index contributed by atoms with van der Waals surface area (Å²) < 4.78 is 5.87. The number of ether oxygens (including phenoxy) is 1. The van der Waals surface area contributed by atoms with Gasteiger partial charge in [-0.1, -0.05) is 24.3 Å². The number of fused-ring (bicyclic) bond motifs is 1. The van der Waals surface area contributed by atoms with Gasteiger partial charge in [0.25, 0.3) is 0 Å². The molecular formula is C20H18N2O2. The lowest BCUT2D eigenvalue weighted by Crippen LogP contribution is -2.13. The van der Waals surface area contributed by atoms with Crippen molar-refractivity contribution >= 4 is 22.5 Å². The van der Waals surface area contributed by atoms with Crippen molar-refractivity contribution in [1.82, 2.24) is 4.98 Å². The van der Waals surface area contributed by atoms with Crippen LogP contribution in [-0.4, -0.2) is 10.9 Å². The van der Waals surface area contributed by atoms with E-state index in [0.29, 0.717) is 6.61 Å². The van der Waals surface area contributed by atoms with E-state index in [4.69, 9.17) is 4.74 Å². The summed E-state index contributed by atoms with van der Waals surface area (Å²) in [6, 6.07) is 17.6. The van der Waals surface area contributed by atoms with Crippen molar-refractivity contribution in [2.24, 2.45) is 5.92 Å². The van der Waals surface area contributed by atoms with Crippen LogP contribution in [0.15, 0.2) is 60.8 Å². The number of rotatable bonds is 5. The van der Waals surface area contributed by atoms with E-state index < -0.39 is 0 Å². The third-order valence-corrected chi connectivity index (χ3v) is 4.18. The van der Waals surface area contributed by atoms with Crippen LogP contribution in [-0.2, 0) is 11.4 Å². The van der Waals surface area contributed by atoms with Gasteiger partial charge in [-0.05, 0) is 43.2 Å². The molecule has 0 radical (unpaired) electrons. The van der Waals surface area contributed by atoms with Crippen LogP contribution in [0.25, 0.3) is 10.9 Å². The molecule has 1 aromatic heterocycles. The van der Waals surface area contributed by atoms with Gasteiger partial charge in [0.1, 0.15) is 12.4 Å². The number of carbonyl (C=O) groups excluding carboxylic acids is 1. The zero-order chi connectivity index (χ0) is 16.4. The van der Waals surface area contributed by atoms with E-state index in [-0.39, 0.29) is 11.8 Å². The highest BCUT2D eigenvalue weighted by Gasteiger charge is 2.29. The molecule has 0 aliphatic heterocycles. The average Bonchev–Trinajstić information content (AvgIpc) is 3.46. The number of aromatic nitrogens is 1. The zero-order valence-corrected chi connectivity index (χ0v) is 13.2. The van der Waals surface area contributed by atoms with Crippen LogP contribution in [0.5, 0.6) is 5.75 Å². The van der Waals surface area contributed by atoms with Crippen LogP contribution < -0.4 is 10.1 Å². The normalized spacial score (nSPS) is 13.7. The van der Waals surface area contributed by atoms with Crippen LogP contribution in [0.4, 0.5) is 5.69 Å². The summed E-state index contributed by atoms with van der Waals surface area (Å²) in [6.07, 6.45) is 3.81. The van der Waals surface area contributed by atoms with Gasteiger partial charge in [-0.25, -0.2) is 0 Å². The Morgan fingerprint density at radius 1 is 1.08 bits per heavy atom. The van der Waals surface area contributed by atoms with Gasteiger partial charge in [0.05, 0.1) is 5.52 Å². The fourth-order valence-electron chi connectivity index (χ4n) is 2.67. The van der Waals surface area contributed by atoms with E-state index >= 15 is 0 Å². The molecule has 0 spiro atoms.